The fourth-order valence-corrected chi connectivity index (χ4v) is 2.60. The van der Waals surface area contributed by atoms with Crippen molar-refractivity contribution in [1.29, 1.82) is 0 Å². The molecule has 1 saturated carbocycles. The minimum absolute atomic E-state index is 0.354. The molecule has 1 fully saturated rings. The predicted octanol–water partition coefficient (Wildman–Crippen LogP) is 2.35. The third-order valence-corrected chi connectivity index (χ3v) is 4.48. The summed E-state index contributed by atoms with van der Waals surface area (Å²) in [6.45, 7) is 1.52. The van der Waals surface area contributed by atoms with E-state index in [2.05, 4.69) is 5.32 Å². The van der Waals surface area contributed by atoms with Crippen LogP contribution in [0, 0.1) is 5.92 Å². The van der Waals surface area contributed by atoms with E-state index in [1.165, 1.54) is 6.92 Å². The summed E-state index contributed by atoms with van der Waals surface area (Å²) in [5, 5.41) is 3.06. The number of halogens is 3. The van der Waals surface area contributed by atoms with Gasteiger partial charge in [-0.15, -0.1) is 23.2 Å². The van der Waals surface area contributed by atoms with Gasteiger partial charge in [0.2, 0.25) is 11.8 Å². The van der Waals surface area contributed by atoms with Crippen molar-refractivity contribution in [2.45, 2.75) is 23.2 Å². The summed E-state index contributed by atoms with van der Waals surface area (Å²) in [5.41, 5.74) is 4.56. The maximum Gasteiger partial charge on any atom is 0.247 e. The van der Waals surface area contributed by atoms with E-state index in [1.54, 1.807) is 24.3 Å². The number of carbonyl (C=O) groups excluding carboxylic acids is 2. The summed E-state index contributed by atoms with van der Waals surface area (Å²) in [5.74, 6) is -1.64. The molecule has 1 aliphatic rings. The van der Waals surface area contributed by atoms with E-state index in [1.807, 2.05) is 0 Å². The number of hydrogen-bond donors (Lipinski definition) is 2. The highest BCUT2D eigenvalue weighted by atomic mass is 35.5. The molecule has 1 aromatic rings. The highest BCUT2D eigenvalue weighted by molar-refractivity contribution is 6.52. The molecular formula is C13H13Cl3N2O2. The van der Waals surface area contributed by atoms with Crippen LogP contribution in [0.15, 0.2) is 24.3 Å². The number of rotatable bonds is 4. The van der Waals surface area contributed by atoms with E-state index in [-0.39, 0.29) is 0 Å². The fraction of sp³-hybridized carbons (Fsp3) is 0.385. The Balaban J connectivity index is 2.27. The van der Waals surface area contributed by atoms with Crippen LogP contribution in [-0.4, -0.2) is 16.1 Å². The number of benzene rings is 1. The van der Waals surface area contributed by atoms with E-state index in [4.69, 9.17) is 40.5 Å². The van der Waals surface area contributed by atoms with Crippen molar-refractivity contribution >= 4 is 46.6 Å². The van der Waals surface area contributed by atoms with E-state index < -0.39 is 27.6 Å². The summed E-state index contributed by atoms with van der Waals surface area (Å²) < 4.78 is -1.06. The smallest absolute Gasteiger partial charge is 0.247 e. The zero-order valence-corrected chi connectivity index (χ0v) is 12.9. The topological polar surface area (TPSA) is 72.2 Å². The van der Waals surface area contributed by atoms with E-state index in [9.17, 15) is 9.59 Å². The fourth-order valence-electron chi connectivity index (χ4n) is 1.91. The number of alkyl halides is 2. The summed E-state index contributed by atoms with van der Waals surface area (Å²) in [6.07, 6.45) is 0.354. The zero-order chi connectivity index (χ0) is 15.1. The Morgan fingerprint density at radius 1 is 1.45 bits per heavy atom. The molecule has 0 heterocycles. The van der Waals surface area contributed by atoms with Crippen LogP contribution < -0.4 is 11.1 Å². The first-order chi connectivity index (χ1) is 9.17. The van der Waals surface area contributed by atoms with Crippen molar-refractivity contribution in [1.82, 2.24) is 5.32 Å². The lowest BCUT2D eigenvalue weighted by molar-refractivity contribution is -0.132. The van der Waals surface area contributed by atoms with Crippen LogP contribution in [0.2, 0.25) is 5.02 Å². The summed E-state index contributed by atoms with van der Waals surface area (Å²) >= 11 is 17.6. The number of carbonyl (C=O) groups is 2. The Hall–Kier alpha value is -0.970. The summed E-state index contributed by atoms with van der Waals surface area (Å²) in [7, 11) is 0. The molecule has 0 saturated heterocycles. The maximum absolute atomic E-state index is 12.1. The van der Waals surface area contributed by atoms with Crippen LogP contribution in [0.3, 0.4) is 0 Å². The highest BCUT2D eigenvalue weighted by Gasteiger charge is 2.57. The van der Waals surface area contributed by atoms with Crippen LogP contribution >= 0.6 is 34.8 Å². The molecule has 1 aromatic carbocycles. The Morgan fingerprint density at radius 2 is 2.05 bits per heavy atom. The Bertz CT molecular complexity index is 576. The minimum Gasteiger partial charge on any atom is -0.367 e. The molecule has 3 N–H and O–H groups in total. The van der Waals surface area contributed by atoms with Crippen molar-refractivity contribution in [3.63, 3.8) is 0 Å². The monoisotopic (exact) mass is 334 g/mol. The van der Waals surface area contributed by atoms with Gasteiger partial charge >= 0.3 is 0 Å². The maximum atomic E-state index is 12.1. The molecule has 0 bridgehead atoms. The molecule has 20 heavy (non-hydrogen) atoms. The summed E-state index contributed by atoms with van der Waals surface area (Å²) in [6, 6.07) is 6.58. The SMILES string of the molecule is C[C@](NC(=O)[C@@H]1CC1(Cl)Cl)(C(N)=O)c1cccc(Cl)c1. The molecule has 0 radical (unpaired) electrons. The van der Waals surface area contributed by atoms with Crippen molar-refractivity contribution in [3.05, 3.63) is 34.9 Å². The molecule has 0 aliphatic heterocycles. The number of nitrogens with two attached hydrogens (primary N) is 1. The molecule has 108 valence electrons. The molecule has 4 nitrogen and oxygen atoms in total. The molecule has 0 aromatic heterocycles. The molecule has 2 amide bonds. The van der Waals surface area contributed by atoms with Crippen LogP contribution in [0.25, 0.3) is 0 Å². The lowest BCUT2D eigenvalue weighted by Crippen LogP contribution is -2.53. The molecule has 2 rings (SSSR count). The van der Waals surface area contributed by atoms with E-state index in [0.29, 0.717) is 17.0 Å². The molecular weight excluding hydrogens is 323 g/mol. The Kier molecular flexibility index (Phi) is 3.93. The summed E-state index contributed by atoms with van der Waals surface area (Å²) in [4.78, 5) is 23.8. The van der Waals surface area contributed by atoms with Crippen LogP contribution in [-0.2, 0) is 15.1 Å². The first-order valence-corrected chi connectivity index (χ1v) is 7.06. The van der Waals surface area contributed by atoms with Crippen LogP contribution in [0.1, 0.15) is 18.9 Å². The molecule has 0 spiro atoms. The second-order valence-electron chi connectivity index (χ2n) is 5.01. The van der Waals surface area contributed by atoms with Gasteiger partial charge < -0.3 is 11.1 Å². The quantitative estimate of drug-likeness (QED) is 0.829. The second-order valence-corrected chi connectivity index (χ2v) is 6.99. The predicted molar refractivity (Wildman–Crippen MR) is 78.7 cm³/mol. The average molecular weight is 336 g/mol. The van der Waals surface area contributed by atoms with Gasteiger partial charge in [-0.3, -0.25) is 9.59 Å². The lowest BCUT2D eigenvalue weighted by Gasteiger charge is -2.28. The van der Waals surface area contributed by atoms with Gasteiger partial charge in [0.05, 0.1) is 5.92 Å². The average Bonchev–Trinajstić information content (AvgIpc) is 2.98. The molecule has 7 heteroatoms. The van der Waals surface area contributed by atoms with Gasteiger partial charge in [-0.05, 0) is 31.0 Å². The van der Waals surface area contributed by atoms with E-state index >= 15 is 0 Å². The molecule has 1 aliphatic carbocycles. The van der Waals surface area contributed by atoms with Crippen LogP contribution in [0.4, 0.5) is 0 Å². The number of primary amides is 1. The van der Waals surface area contributed by atoms with Gasteiger partial charge in [-0.1, -0.05) is 23.7 Å². The standard InChI is InChI=1S/C13H13Cl3N2O2/c1-12(11(17)20,7-3-2-4-8(14)5-7)18-10(19)9-6-13(9,15)16/h2-5,9H,6H2,1H3,(H2,17,20)(H,18,19)/t9-,12+/m0/s1. The number of nitrogens with one attached hydrogen (secondary N) is 1. The third kappa shape index (κ3) is 2.87. The van der Waals surface area contributed by atoms with Crippen molar-refractivity contribution in [3.8, 4) is 0 Å². The van der Waals surface area contributed by atoms with Gasteiger partial charge in [0, 0.05) is 5.02 Å². The second kappa shape index (κ2) is 5.10. The lowest BCUT2D eigenvalue weighted by atomic mass is 9.91. The van der Waals surface area contributed by atoms with Crippen molar-refractivity contribution in [2.24, 2.45) is 11.7 Å². The van der Waals surface area contributed by atoms with Gasteiger partial charge in [0.25, 0.3) is 0 Å². The van der Waals surface area contributed by atoms with Gasteiger partial charge in [-0.2, -0.15) is 0 Å². The number of amides is 2. The van der Waals surface area contributed by atoms with Gasteiger partial charge in [-0.25, -0.2) is 0 Å². The van der Waals surface area contributed by atoms with Crippen molar-refractivity contribution < 1.29 is 9.59 Å². The first kappa shape index (κ1) is 15.4. The first-order valence-electron chi connectivity index (χ1n) is 5.92. The molecule has 2 atom stereocenters. The Morgan fingerprint density at radius 3 is 2.50 bits per heavy atom. The third-order valence-electron chi connectivity index (χ3n) is 3.41. The largest absolute Gasteiger partial charge is 0.367 e. The van der Waals surface area contributed by atoms with Crippen molar-refractivity contribution in [2.75, 3.05) is 0 Å². The van der Waals surface area contributed by atoms with Crippen LogP contribution in [0.5, 0.6) is 0 Å². The highest BCUT2D eigenvalue weighted by Crippen LogP contribution is 2.53. The van der Waals surface area contributed by atoms with Gasteiger partial charge in [0.15, 0.2) is 0 Å². The number of hydrogen-bond acceptors (Lipinski definition) is 2. The van der Waals surface area contributed by atoms with E-state index in [0.717, 1.165) is 0 Å². The normalized spacial score (nSPS) is 22.7. The Labute approximate surface area is 131 Å². The minimum atomic E-state index is -1.37. The zero-order valence-electron chi connectivity index (χ0n) is 10.6. The van der Waals surface area contributed by atoms with Gasteiger partial charge in [0.1, 0.15) is 9.87 Å². The molecule has 0 unspecified atom stereocenters.